The SMILES string of the molecule is O=[N+]([O-])CS(=O)(=O)N1CCOCC1.[Na+]. The van der Waals surface area contributed by atoms with E-state index in [1.807, 2.05) is 0 Å². The molecule has 1 saturated heterocycles. The van der Waals surface area contributed by atoms with Gasteiger partial charge < -0.3 is 4.74 Å². The number of hydrogen-bond donors (Lipinski definition) is 0. The van der Waals surface area contributed by atoms with Crippen LogP contribution < -0.4 is 29.6 Å². The molecule has 1 aliphatic heterocycles. The first kappa shape index (κ1) is 14.3. The summed E-state index contributed by atoms with van der Waals surface area (Å²) in [5.74, 6) is -1.03. The van der Waals surface area contributed by atoms with Crippen LogP contribution in [0.5, 0.6) is 0 Å². The summed E-state index contributed by atoms with van der Waals surface area (Å²) in [4.78, 5) is 9.18. The predicted octanol–water partition coefficient (Wildman–Crippen LogP) is -4.11. The molecule has 1 heterocycles. The molecule has 0 amide bonds. The van der Waals surface area contributed by atoms with E-state index in [-0.39, 0.29) is 42.6 Å². The molecule has 0 saturated carbocycles. The van der Waals surface area contributed by atoms with E-state index >= 15 is 0 Å². The van der Waals surface area contributed by atoms with Crippen molar-refractivity contribution in [2.45, 2.75) is 0 Å². The van der Waals surface area contributed by atoms with Gasteiger partial charge in [0, 0.05) is 18.0 Å². The molecule has 0 unspecified atom stereocenters. The Balaban J connectivity index is 0.00000169. The molecule has 0 aromatic heterocycles. The van der Waals surface area contributed by atoms with Crippen molar-refractivity contribution in [2.75, 3.05) is 32.2 Å². The van der Waals surface area contributed by atoms with E-state index in [2.05, 4.69) is 0 Å². The first-order chi connectivity index (χ1) is 6.02. The second-order valence-corrected chi connectivity index (χ2v) is 4.52. The van der Waals surface area contributed by atoms with Crippen molar-refractivity contribution < 1.29 is 47.6 Å². The summed E-state index contributed by atoms with van der Waals surface area (Å²) >= 11 is 0. The van der Waals surface area contributed by atoms with Crippen LogP contribution in [0.4, 0.5) is 0 Å². The van der Waals surface area contributed by atoms with Crippen LogP contribution >= 0.6 is 0 Å². The molecule has 1 fully saturated rings. The van der Waals surface area contributed by atoms with Crippen LogP contribution in [-0.4, -0.2) is 49.8 Å². The first-order valence-corrected chi connectivity index (χ1v) is 5.30. The summed E-state index contributed by atoms with van der Waals surface area (Å²) in [5, 5.41) is 10.0. The third-order valence-corrected chi connectivity index (χ3v) is 3.32. The Hall–Kier alpha value is 0.270. The molecule has 0 N–H and O–H groups in total. The normalized spacial score (nSPS) is 18.6. The zero-order valence-corrected chi connectivity index (χ0v) is 10.7. The van der Waals surface area contributed by atoms with Crippen LogP contribution in [0, 0.1) is 10.1 Å². The maximum atomic E-state index is 11.2. The van der Waals surface area contributed by atoms with Gasteiger partial charge in [0.15, 0.2) is 0 Å². The minimum Gasteiger partial charge on any atom is -0.379 e. The van der Waals surface area contributed by atoms with E-state index < -0.39 is 20.8 Å². The number of nitro groups is 1. The quantitative estimate of drug-likeness (QED) is 0.281. The van der Waals surface area contributed by atoms with Gasteiger partial charge in [-0.25, -0.2) is 8.42 Å². The fourth-order valence-corrected chi connectivity index (χ4v) is 2.17. The van der Waals surface area contributed by atoms with Crippen molar-refractivity contribution in [2.24, 2.45) is 0 Å². The maximum Gasteiger partial charge on any atom is 1.00 e. The molecule has 1 rings (SSSR count). The van der Waals surface area contributed by atoms with Gasteiger partial charge in [0.2, 0.25) is 0 Å². The van der Waals surface area contributed by atoms with Gasteiger partial charge in [0.05, 0.1) is 13.2 Å². The maximum absolute atomic E-state index is 11.2. The molecule has 0 aliphatic carbocycles. The van der Waals surface area contributed by atoms with Crippen molar-refractivity contribution in [3.05, 3.63) is 10.1 Å². The van der Waals surface area contributed by atoms with Gasteiger partial charge in [-0.2, -0.15) is 4.31 Å². The number of sulfonamides is 1. The standard InChI is InChI=1S/C5H10N2O5S.Na/c8-7(9)5-13(10,11)6-1-3-12-4-2-6;/h1-5H2;/q;+1. The average molecular weight is 233 g/mol. The van der Waals surface area contributed by atoms with Gasteiger partial charge in [-0.15, -0.1) is 0 Å². The number of ether oxygens (including phenoxy) is 1. The van der Waals surface area contributed by atoms with Crippen LogP contribution in [0.15, 0.2) is 0 Å². The van der Waals surface area contributed by atoms with E-state index in [1.54, 1.807) is 0 Å². The van der Waals surface area contributed by atoms with Crippen LogP contribution in [0.1, 0.15) is 0 Å². The average Bonchev–Trinajstić information content (AvgIpc) is 2.04. The largest absolute Gasteiger partial charge is 1.00 e. The van der Waals surface area contributed by atoms with Crippen LogP contribution in [0.2, 0.25) is 0 Å². The summed E-state index contributed by atoms with van der Waals surface area (Å²) in [6, 6.07) is 0. The van der Waals surface area contributed by atoms with E-state index in [0.29, 0.717) is 13.2 Å². The van der Waals surface area contributed by atoms with Crippen molar-refractivity contribution in [1.82, 2.24) is 4.31 Å². The fraction of sp³-hybridized carbons (Fsp3) is 1.00. The predicted molar refractivity (Wildman–Crippen MR) is 43.2 cm³/mol. The Morgan fingerprint density at radius 3 is 2.29 bits per heavy atom. The Labute approximate surface area is 104 Å². The Bertz CT molecular complexity index is 286. The van der Waals surface area contributed by atoms with Crippen LogP contribution in [0.25, 0.3) is 0 Å². The molecule has 76 valence electrons. The van der Waals surface area contributed by atoms with E-state index in [0.717, 1.165) is 4.31 Å². The molecule has 9 heteroatoms. The van der Waals surface area contributed by atoms with Crippen LogP contribution in [-0.2, 0) is 14.8 Å². The molecular weight excluding hydrogens is 223 g/mol. The van der Waals surface area contributed by atoms with Gasteiger partial charge in [0.1, 0.15) is 0 Å². The number of morpholine rings is 1. The molecule has 7 nitrogen and oxygen atoms in total. The van der Waals surface area contributed by atoms with Crippen molar-refractivity contribution in [3.63, 3.8) is 0 Å². The molecule has 0 atom stereocenters. The topological polar surface area (TPSA) is 89.8 Å². The minimum absolute atomic E-state index is 0. The third-order valence-electron chi connectivity index (χ3n) is 1.63. The summed E-state index contributed by atoms with van der Waals surface area (Å²) in [6.07, 6.45) is 0. The Kier molecular flexibility index (Phi) is 6.10. The van der Waals surface area contributed by atoms with Crippen molar-refractivity contribution >= 4 is 10.0 Å². The zero-order chi connectivity index (χ0) is 9.90. The van der Waals surface area contributed by atoms with Gasteiger partial charge in [0.25, 0.3) is 10.0 Å². The first-order valence-electron chi connectivity index (χ1n) is 3.70. The Morgan fingerprint density at radius 2 is 1.86 bits per heavy atom. The van der Waals surface area contributed by atoms with E-state index in [1.165, 1.54) is 0 Å². The summed E-state index contributed by atoms with van der Waals surface area (Å²) in [5.41, 5.74) is 0. The van der Waals surface area contributed by atoms with Crippen molar-refractivity contribution in [3.8, 4) is 0 Å². The minimum atomic E-state index is -3.73. The molecule has 14 heavy (non-hydrogen) atoms. The molecule has 0 radical (unpaired) electrons. The van der Waals surface area contributed by atoms with Gasteiger partial charge >= 0.3 is 35.4 Å². The van der Waals surface area contributed by atoms with E-state index in [9.17, 15) is 18.5 Å². The molecule has 0 spiro atoms. The molecule has 1 aliphatic rings. The van der Waals surface area contributed by atoms with Crippen LogP contribution in [0.3, 0.4) is 0 Å². The number of rotatable bonds is 3. The summed E-state index contributed by atoms with van der Waals surface area (Å²) in [7, 11) is -3.73. The zero-order valence-electron chi connectivity index (χ0n) is 7.88. The second kappa shape index (κ2) is 5.99. The van der Waals surface area contributed by atoms with Gasteiger partial charge in [-0.05, 0) is 0 Å². The van der Waals surface area contributed by atoms with Gasteiger partial charge in [-0.1, -0.05) is 0 Å². The summed E-state index contributed by atoms with van der Waals surface area (Å²) < 4.78 is 28.5. The fourth-order valence-electron chi connectivity index (χ4n) is 1.04. The second-order valence-electron chi connectivity index (χ2n) is 2.59. The molecule has 0 aromatic rings. The monoisotopic (exact) mass is 233 g/mol. The van der Waals surface area contributed by atoms with Crippen molar-refractivity contribution in [1.29, 1.82) is 0 Å². The Morgan fingerprint density at radius 1 is 1.36 bits per heavy atom. The molecule has 0 aromatic carbocycles. The van der Waals surface area contributed by atoms with Gasteiger partial charge in [-0.3, -0.25) is 10.1 Å². The third kappa shape index (κ3) is 4.20. The molecular formula is C5H10N2NaO5S+. The smallest absolute Gasteiger partial charge is 0.379 e. The molecule has 0 bridgehead atoms. The number of hydrogen-bond acceptors (Lipinski definition) is 5. The number of nitrogens with zero attached hydrogens (tertiary/aromatic N) is 2. The van der Waals surface area contributed by atoms with E-state index in [4.69, 9.17) is 4.74 Å². The summed E-state index contributed by atoms with van der Waals surface area (Å²) in [6.45, 7) is 1.01.